The van der Waals surface area contributed by atoms with Crippen molar-refractivity contribution in [2.75, 3.05) is 20.3 Å². The summed E-state index contributed by atoms with van der Waals surface area (Å²) in [6, 6.07) is 0.481. The van der Waals surface area contributed by atoms with Crippen molar-refractivity contribution >= 4 is 12.2 Å². The molecule has 90 valence electrons. The zero-order valence-corrected chi connectivity index (χ0v) is 10.1. The van der Waals surface area contributed by atoms with Crippen molar-refractivity contribution in [1.82, 2.24) is 4.90 Å². The molecule has 0 amide bonds. The minimum absolute atomic E-state index is 0.481. The quantitative estimate of drug-likeness (QED) is 0.586. The maximum absolute atomic E-state index is 7.08. The first kappa shape index (κ1) is 12.9. The standard InChI is InChI=1S/C12H21N3O/c1-3-4-5-12(14-10-13)15(2)11-6-8-16-9-7-11/h4-5,10-11,13H,3,6-9H2,1-2H3/b5-4+,13-10?,14-12+. The third kappa shape index (κ3) is 3.77. The maximum atomic E-state index is 7.08. The average molecular weight is 223 g/mol. The Bertz CT molecular complexity index is 267. The topological polar surface area (TPSA) is 48.7 Å². The molecule has 1 N–H and O–H groups in total. The van der Waals surface area contributed by atoms with Crippen LogP contribution in [0.2, 0.25) is 0 Å². The Labute approximate surface area is 97.5 Å². The Morgan fingerprint density at radius 2 is 2.19 bits per heavy atom. The van der Waals surface area contributed by atoms with Gasteiger partial charge in [-0.25, -0.2) is 4.99 Å². The number of amidine groups is 1. The largest absolute Gasteiger partial charge is 0.381 e. The number of hydrogen-bond acceptors (Lipinski definition) is 2. The number of rotatable bonds is 4. The molecule has 0 spiro atoms. The van der Waals surface area contributed by atoms with E-state index in [2.05, 4.69) is 22.9 Å². The van der Waals surface area contributed by atoms with Gasteiger partial charge < -0.3 is 9.64 Å². The second-order valence-electron chi connectivity index (χ2n) is 3.88. The van der Waals surface area contributed by atoms with E-state index in [0.717, 1.165) is 44.7 Å². The lowest BCUT2D eigenvalue weighted by atomic mass is 10.1. The van der Waals surface area contributed by atoms with E-state index in [1.807, 2.05) is 13.1 Å². The number of likely N-dealkylation sites (N-methyl/N-ethyl adjacent to an activating group) is 1. The van der Waals surface area contributed by atoms with Crippen LogP contribution in [0.3, 0.4) is 0 Å². The summed E-state index contributed by atoms with van der Waals surface area (Å²) in [5.74, 6) is 0.865. The van der Waals surface area contributed by atoms with Gasteiger partial charge in [0, 0.05) is 26.3 Å². The first-order valence-corrected chi connectivity index (χ1v) is 5.83. The zero-order chi connectivity index (χ0) is 11.8. The SMILES string of the molecule is CC/C=C/C(=N\C=N)N(C)C1CCOCC1. The van der Waals surface area contributed by atoms with Gasteiger partial charge in [-0.3, -0.25) is 5.41 Å². The molecule has 1 fully saturated rings. The van der Waals surface area contributed by atoms with Crippen molar-refractivity contribution in [2.24, 2.45) is 4.99 Å². The van der Waals surface area contributed by atoms with Gasteiger partial charge in [0.25, 0.3) is 0 Å². The first-order chi connectivity index (χ1) is 7.79. The molecule has 16 heavy (non-hydrogen) atoms. The fourth-order valence-corrected chi connectivity index (χ4v) is 1.80. The van der Waals surface area contributed by atoms with Crippen molar-refractivity contribution in [2.45, 2.75) is 32.2 Å². The minimum Gasteiger partial charge on any atom is -0.381 e. The van der Waals surface area contributed by atoms with Gasteiger partial charge >= 0.3 is 0 Å². The highest BCUT2D eigenvalue weighted by atomic mass is 16.5. The van der Waals surface area contributed by atoms with Crippen LogP contribution < -0.4 is 0 Å². The molecule has 1 rings (SSSR count). The molecule has 0 aliphatic carbocycles. The van der Waals surface area contributed by atoms with Crippen LogP contribution in [0.15, 0.2) is 17.1 Å². The Morgan fingerprint density at radius 1 is 1.50 bits per heavy atom. The maximum Gasteiger partial charge on any atom is 0.129 e. The molecule has 0 bridgehead atoms. The highest BCUT2D eigenvalue weighted by molar-refractivity contribution is 5.97. The van der Waals surface area contributed by atoms with Crippen molar-refractivity contribution < 1.29 is 4.74 Å². The molecule has 0 saturated carbocycles. The Hall–Kier alpha value is -1.16. The van der Waals surface area contributed by atoms with E-state index in [1.54, 1.807) is 0 Å². The number of aliphatic imine (C=N–C) groups is 1. The molecule has 1 heterocycles. The summed E-state index contributed by atoms with van der Waals surface area (Å²) in [6.45, 7) is 3.74. The molecule has 1 saturated heterocycles. The average Bonchev–Trinajstić information content (AvgIpc) is 2.35. The Kier molecular flexibility index (Phi) is 5.78. The van der Waals surface area contributed by atoms with E-state index < -0.39 is 0 Å². The van der Waals surface area contributed by atoms with E-state index >= 15 is 0 Å². The first-order valence-electron chi connectivity index (χ1n) is 5.83. The van der Waals surface area contributed by atoms with Crippen LogP contribution in [0, 0.1) is 5.41 Å². The molecular formula is C12H21N3O. The molecule has 4 nitrogen and oxygen atoms in total. The fourth-order valence-electron chi connectivity index (χ4n) is 1.80. The van der Waals surface area contributed by atoms with Crippen molar-refractivity contribution in [1.29, 1.82) is 5.41 Å². The predicted molar refractivity (Wildman–Crippen MR) is 67.3 cm³/mol. The molecule has 0 aromatic carbocycles. The highest BCUT2D eigenvalue weighted by Gasteiger charge is 2.19. The van der Waals surface area contributed by atoms with Gasteiger partial charge in [-0.2, -0.15) is 0 Å². The van der Waals surface area contributed by atoms with Gasteiger partial charge in [-0.05, 0) is 25.3 Å². The van der Waals surface area contributed by atoms with Gasteiger partial charge in [0.2, 0.25) is 0 Å². The van der Waals surface area contributed by atoms with E-state index in [9.17, 15) is 0 Å². The smallest absolute Gasteiger partial charge is 0.129 e. The number of nitrogens with zero attached hydrogens (tertiary/aromatic N) is 2. The van der Waals surface area contributed by atoms with Crippen LogP contribution >= 0.6 is 0 Å². The van der Waals surface area contributed by atoms with Crippen LogP contribution in [0.4, 0.5) is 0 Å². The second-order valence-corrected chi connectivity index (χ2v) is 3.88. The van der Waals surface area contributed by atoms with E-state index in [1.165, 1.54) is 0 Å². The molecule has 1 aliphatic heterocycles. The van der Waals surface area contributed by atoms with E-state index in [0.29, 0.717) is 6.04 Å². The van der Waals surface area contributed by atoms with Crippen molar-refractivity contribution in [3.8, 4) is 0 Å². The Morgan fingerprint density at radius 3 is 2.75 bits per heavy atom. The van der Waals surface area contributed by atoms with E-state index in [4.69, 9.17) is 10.1 Å². The fraction of sp³-hybridized carbons (Fsp3) is 0.667. The highest BCUT2D eigenvalue weighted by Crippen LogP contribution is 2.13. The van der Waals surface area contributed by atoms with Crippen molar-refractivity contribution in [3.05, 3.63) is 12.2 Å². The molecule has 0 atom stereocenters. The third-order valence-corrected chi connectivity index (χ3v) is 2.80. The molecule has 0 aromatic rings. The lowest BCUT2D eigenvalue weighted by Gasteiger charge is -2.32. The monoisotopic (exact) mass is 223 g/mol. The van der Waals surface area contributed by atoms with E-state index in [-0.39, 0.29) is 0 Å². The molecule has 0 radical (unpaired) electrons. The normalized spacial score (nSPS) is 19.0. The van der Waals surface area contributed by atoms with Crippen LogP contribution in [0.5, 0.6) is 0 Å². The molecule has 0 unspecified atom stereocenters. The summed E-state index contributed by atoms with van der Waals surface area (Å²) < 4.78 is 5.34. The molecule has 4 heteroatoms. The third-order valence-electron chi connectivity index (χ3n) is 2.80. The number of ether oxygens (including phenoxy) is 1. The summed E-state index contributed by atoms with van der Waals surface area (Å²) in [6.07, 6.45) is 8.21. The zero-order valence-electron chi connectivity index (χ0n) is 10.1. The second kappa shape index (κ2) is 7.17. The lowest BCUT2D eigenvalue weighted by molar-refractivity contribution is 0.0608. The summed E-state index contributed by atoms with van der Waals surface area (Å²) in [5.41, 5.74) is 0. The van der Waals surface area contributed by atoms with Gasteiger partial charge in [0.05, 0.1) is 0 Å². The number of allylic oxidation sites excluding steroid dienone is 1. The predicted octanol–water partition coefficient (Wildman–Crippen LogP) is 2.07. The van der Waals surface area contributed by atoms with Crippen LogP contribution in [0.1, 0.15) is 26.2 Å². The number of hydrogen-bond donors (Lipinski definition) is 1. The molecule has 1 aliphatic rings. The van der Waals surface area contributed by atoms with Gasteiger partial charge in [-0.1, -0.05) is 13.0 Å². The molecule has 0 aromatic heterocycles. The summed E-state index contributed by atoms with van der Waals surface area (Å²) >= 11 is 0. The lowest BCUT2D eigenvalue weighted by Crippen LogP contribution is -2.40. The van der Waals surface area contributed by atoms with Crippen LogP contribution in [-0.2, 0) is 4.74 Å². The van der Waals surface area contributed by atoms with Crippen LogP contribution in [0.25, 0.3) is 0 Å². The molecular weight excluding hydrogens is 202 g/mol. The summed E-state index contributed by atoms with van der Waals surface area (Å²) in [4.78, 5) is 6.25. The van der Waals surface area contributed by atoms with Gasteiger partial charge in [0.1, 0.15) is 12.2 Å². The van der Waals surface area contributed by atoms with Crippen molar-refractivity contribution in [3.63, 3.8) is 0 Å². The minimum atomic E-state index is 0.481. The van der Waals surface area contributed by atoms with Gasteiger partial charge in [0.15, 0.2) is 0 Å². The summed E-state index contributed by atoms with van der Waals surface area (Å²) in [5, 5.41) is 7.08. The van der Waals surface area contributed by atoms with Crippen LogP contribution in [-0.4, -0.2) is 43.4 Å². The number of nitrogens with one attached hydrogen (secondary N) is 1. The summed E-state index contributed by atoms with van der Waals surface area (Å²) in [7, 11) is 2.04. The van der Waals surface area contributed by atoms with Gasteiger partial charge in [-0.15, -0.1) is 0 Å². The Balaban J connectivity index is 2.65.